The number of rotatable bonds is 8. The van der Waals surface area contributed by atoms with Crippen LogP contribution in [-0.4, -0.2) is 25.1 Å². The topological polar surface area (TPSA) is 99.1 Å². The molecule has 0 saturated heterocycles. The van der Waals surface area contributed by atoms with E-state index in [1.165, 1.54) is 4.31 Å². The number of carbonyl (C=O) groups excluding carboxylic acids is 1. The molecule has 0 aliphatic rings. The number of phenolic OH excluding ortho intramolecular Hbond substituents is 1. The molecule has 0 unspecified atom stereocenters. The Morgan fingerprint density at radius 1 is 0.947 bits per heavy atom. The summed E-state index contributed by atoms with van der Waals surface area (Å²) in [6, 6.07) is 26.6. The van der Waals surface area contributed by atoms with Crippen molar-refractivity contribution in [2.45, 2.75) is 25.3 Å². The highest BCUT2D eigenvalue weighted by Crippen LogP contribution is 2.31. The van der Waals surface area contributed by atoms with Crippen LogP contribution in [-0.2, 0) is 16.6 Å². The van der Waals surface area contributed by atoms with Crippen LogP contribution in [0.4, 0.5) is 5.69 Å². The van der Waals surface area contributed by atoms with Gasteiger partial charge in [0, 0.05) is 16.1 Å². The fourth-order valence-electron chi connectivity index (χ4n) is 3.84. The smallest absolute Gasteiger partial charge is 0.271 e. The number of carbonyl (C=O) groups is 1. The molecule has 4 rings (SSSR count). The Hall–Kier alpha value is -4.14. The first-order valence-corrected chi connectivity index (χ1v) is 13.5. The largest absolute Gasteiger partial charge is 0.507 e. The van der Waals surface area contributed by atoms with Gasteiger partial charge in [0.15, 0.2) is 0 Å². The number of aryl methyl sites for hydroxylation is 1. The highest BCUT2D eigenvalue weighted by Gasteiger charge is 2.26. The fourth-order valence-corrected chi connectivity index (χ4v) is 5.53. The molecule has 7 nitrogen and oxygen atoms in total. The number of nitrogens with zero attached hydrogens (tertiary/aromatic N) is 2. The van der Waals surface area contributed by atoms with Crippen LogP contribution in [0.25, 0.3) is 0 Å². The minimum absolute atomic E-state index is 0.0326. The average molecular weight is 548 g/mol. The maximum Gasteiger partial charge on any atom is 0.271 e. The van der Waals surface area contributed by atoms with Gasteiger partial charge in [-0.1, -0.05) is 60.1 Å². The Labute approximate surface area is 227 Å². The van der Waals surface area contributed by atoms with Crippen LogP contribution in [0.15, 0.2) is 107 Å². The van der Waals surface area contributed by atoms with Gasteiger partial charge in [0.1, 0.15) is 5.75 Å². The van der Waals surface area contributed by atoms with E-state index in [4.69, 9.17) is 11.6 Å². The fraction of sp³-hybridized carbons (Fsp3) is 0.103. The summed E-state index contributed by atoms with van der Waals surface area (Å²) >= 11 is 6.22. The summed E-state index contributed by atoms with van der Waals surface area (Å²) < 4.78 is 28.6. The Balaban J connectivity index is 1.58. The van der Waals surface area contributed by atoms with E-state index in [1.807, 2.05) is 6.92 Å². The van der Waals surface area contributed by atoms with Crippen LogP contribution in [0.1, 0.15) is 34.0 Å². The highest BCUT2D eigenvalue weighted by atomic mass is 35.5. The first kappa shape index (κ1) is 26.9. The quantitative estimate of drug-likeness (QED) is 0.212. The number of para-hydroxylation sites is 1. The normalized spacial score (nSPS) is 11.7. The molecule has 0 aliphatic carbocycles. The summed E-state index contributed by atoms with van der Waals surface area (Å²) in [5, 5.41) is 14.5. The van der Waals surface area contributed by atoms with Gasteiger partial charge in [-0.2, -0.15) is 5.10 Å². The Kier molecular flexibility index (Phi) is 8.14. The van der Waals surface area contributed by atoms with Crippen LogP contribution in [0.3, 0.4) is 0 Å². The first-order valence-electron chi connectivity index (χ1n) is 11.7. The average Bonchev–Trinajstić information content (AvgIpc) is 2.92. The van der Waals surface area contributed by atoms with Crippen LogP contribution in [0.5, 0.6) is 5.75 Å². The number of amides is 1. The van der Waals surface area contributed by atoms with E-state index in [1.54, 1.807) is 104 Å². The van der Waals surface area contributed by atoms with Crippen molar-refractivity contribution >= 4 is 38.9 Å². The molecular weight excluding hydrogens is 522 g/mol. The number of hydrogen-bond donors (Lipinski definition) is 2. The Bertz CT molecular complexity index is 1590. The lowest BCUT2D eigenvalue weighted by Gasteiger charge is -2.26. The molecule has 0 aliphatic heterocycles. The van der Waals surface area contributed by atoms with E-state index in [-0.39, 0.29) is 17.2 Å². The predicted molar refractivity (Wildman–Crippen MR) is 150 cm³/mol. The third-order valence-corrected chi connectivity index (χ3v) is 7.94. The number of hydrazone groups is 1. The molecule has 0 heterocycles. The van der Waals surface area contributed by atoms with Gasteiger partial charge >= 0.3 is 0 Å². The molecule has 9 heteroatoms. The van der Waals surface area contributed by atoms with Gasteiger partial charge in [0.05, 0.1) is 22.8 Å². The minimum Gasteiger partial charge on any atom is -0.507 e. The van der Waals surface area contributed by atoms with Crippen molar-refractivity contribution in [2.75, 3.05) is 4.31 Å². The van der Waals surface area contributed by atoms with Crippen molar-refractivity contribution in [3.63, 3.8) is 0 Å². The summed E-state index contributed by atoms with van der Waals surface area (Å²) in [4.78, 5) is 12.8. The van der Waals surface area contributed by atoms with E-state index in [2.05, 4.69) is 10.5 Å². The van der Waals surface area contributed by atoms with Gasteiger partial charge in [-0.05, 0) is 73.5 Å². The number of halogens is 1. The van der Waals surface area contributed by atoms with Crippen LogP contribution >= 0.6 is 11.6 Å². The van der Waals surface area contributed by atoms with E-state index in [9.17, 15) is 18.3 Å². The number of sulfonamides is 1. The third kappa shape index (κ3) is 6.04. The standard InChI is InChI=1S/C29H26ClN3O4S/c1-20-12-17-24(30)18-27(20)33(38(36,37)25-8-4-3-5-9-25)19-22-13-15-23(16-14-22)29(35)32-31-21(2)26-10-6-7-11-28(26)34/h3-18,34H,19H2,1-2H3,(H,32,35)/b31-21+. The minimum atomic E-state index is -3.91. The van der Waals surface area contributed by atoms with Gasteiger partial charge in [-0.3, -0.25) is 9.10 Å². The van der Waals surface area contributed by atoms with E-state index >= 15 is 0 Å². The molecule has 0 radical (unpaired) electrons. The Morgan fingerprint density at radius 3 is 2.29 bits per heavy atom. The summed E-state index contributed by atoms with van der Waals surface area (Å²) in [5.41, 5.74) is 5.69. The predicted octanol–water partition coefficient (Wildman–Crippen LogP) is 5.90. The first-order chi connectivity index (χ1) is 18.2. The molecule has 2 N–H and O–H groups in total. The molecule has 0 aromatic heterocycles. The van der Waals surface area contributed by atoms with Crippen LogP contribution in [0, 0.1) is 6.92 Å². The molecule has 194 valence electrons. The molecule has 4 aromatic rings. The maximum absolute atomic E-state index is 13.7. The zero-order valence-electron chi connectivity index (χ0n) is 20.8. The molecule has 0 bridgehead atoms. The van der Waals surface area contributed by atoms with E-state index in [0.717, 1.165) is 5.56 Å². The van der Waals surface area contributed by atoms with Crippen molar-refractivity contribution in [3.05, 3.63) is 124 Å². The van der Waals surface area contributed by atoms with E-state index < -0.39 is 15.9 Å². The number of anilines is 1. The summed E-state index contributed by atoms with van der Waals surface area (Å²) in [7, 11) is -3.91. The highest BCUT2D eigenvalue weighted by molar-refractivity contribution is 7.92. The second-order valence-corrected chi connectivity index (χ2v) is 10.9. The molecular formula is C29H26ClN3O4S. The number of phenols is 1. The number of benzene rings is 4. The van der Waals surface area contributed by atoms with Gasteiger partial charge in [0.25, 0.3) is 15.9 Å². The van der Waals surface area contributed by atoms with Crippen molar-refractivity contribution in [3.8, 4) is 5.75 Å². The summed E-state index contributed by atoms with van der Waals surface area (Å²) in [6.07, 6.45) is 0. The van der Waals surface area contributed by atoms with Crippen LogP contribution in [0.2, 0.25) is 5.02 Å². The lowest BCUT2D eigenvalue weighted by atomic mass is 10.1. The molecule has 0 saturated carbocycles. The van der Waals surface area contributed by atoms with Gasteiger partial charge in [0.2, 0.25) is 0 Å². The van der Waals surface area contributed by atoms with Gasteiger partial charge in [-0.25, -0.2) is 13.8 Å². The summed E-state index contributed by atoms with van der Waals surface area (Å²) in [6.45, 7) is 3.53. The molecule has 38 heavy (non-hydrogen) atoms. The molecule has 0 spiro atoms. The number of aromatic hydroxyl groups is 1. The van der Waals surface area contributed by atoms with Gasteiger partial charge < -0.3 is 5.11 Å². The second kappa shape index (κ2) is 11.5. The van der Waals surface area contributed by atoms with Crippen molar-refractivity contribution < 1.29 is 18.3 Å². The van der Waals surface area contributed by atoms with Crippen molar-refractivity contribution in [1.82, 2.24) is 5.43 Å². The lowest BCUT2D eigenvalue weighted by Crippen LogP contribution is -2.31. The zero-order chi connectivity index (χ0) is 27.3. The summed E-state index contributed by atoms with van der Waals surface area (Å²) in [5.74, 6) is -0.372. The second-order valence-electron chi connectivity index (χ2n) is 8.61. The van der Waals surface area contributed by atoms with Crippen molar-refractivity contribution in [1.29, 1.82) is 0 Å². The lowest BCUT2D eigenvalue weighted by molar-refractivity contribution is 0.0954. The Morgan fingerprint density at radius 2 is 1.61 bits per heavy atom. The van der Waals surface area contributed by atoms with Gasteiger partial charge in [-0.15, -0.1) is 0 Å². The molecule has 4 aromatic carbocycles. The molecule has 0 fully saturated rings. The monoisotopic (exact) mass is 547 g/mol. The number of hydrogen-bond acceptors (Lipinski definition) is 5. The third-order valence-electron chi connectivity index (χ3n) is 5.93. The molecule has 1 amide bonds. The number of nitrogens with one attached hydrogen (secondary N) is 1. The van der Waals surface area contributed by atoms with Crippen molar-refractivity contribution in [2.24, 2.45) is 5.10 Å². The maximum atomic E-state index is 13.7. The van der Waals surface area contributed by atoms with Crippen LogP contribution < -0.4 is 9.73 Å². The molecule has 0 atom stereocenters. The SMILES string of the molecule is C/C(=N\NC(=O)c1ccc(CN(c2cc(Cl)ccc2C)S(=O)(=O)c2ccccc2)cc1)c1ccccc1O. The van der Waals surface area contributed by atoms with E-state index in [0.29, 0.717) is 33.1 Å². The zero-order valence-corrected chi connectivity index (χ0v) is 22.4.